The number of rotatable bonds is 4. The van der Waals surface area contributed by atoms with Crippen LogP contribution in [-0.4, -0.2) is 24.2 Å². The molecule has 0 N–H and O–H groups in total. The van der Waals surface area contributed by atoms with Crippen molar-refractivity contribution in [3.8, 4) is 5.75 Å². The minimum Gasteiger partial charge on any atom is -0.497 e. The van der Waals surface area contributed by atoms with Crippen molar-refractivity contribution in [1.82, 2.24) is 0 Å². The Bertz CT molecular complexity index is 1200. The number of hydrogen-bond donors (Lipinski definition) is 0. The molecule has 0 aromatic heterocycles. The van der Waals surface area contributed by atoms with Gasteiger partial charge in [-0.1, -0.05) is 41.9 Å². The van der Waals surface area contributed by atoms with Gasteiger partial charge in [0, 0.05) is 16.3 Å². The van der Waals surface area contributed by atoms with Crippen molar-refractivity contribution in [2.45, 2.75) is 23.6 Å². The summed E-state index contributed by atoms with van der Waals surface area (Å²) in [4.78, 5) is 29.8. The molecule has 162 valence electrons. The molecule has 5 rings (SSSR count). The molecule has 3 aromatic rings. The highest BCUT2D eigenvalue weighted by atomic mass is 35.5. The maximum atomic E-state index is 14.1. The highest BCUT2D eigenvalue weighted by Crippen LogP contribution is 2.58. The Hall–Kier alpha value is -2.96. The predicted molar refractivity (Wildman–Crippen MR) is 128 cm³/mol. The maximum Gasteiger partial charge on any atom is 0.269 e. The molecule has 1 saturated heterocycles. The smallest absolute Gasteiger partial charge is 0.269 e. The van der Waals surface area contributed by atoms with E-state index in [4.69, 9.17) is 16.3 Å². The van der Waals surface area contributed by atoms with E-state index in [1.807, 2.05) is 67.6 Å². The molecular weight excluding hydrogens is 444 g/mol. The number of anilines is 2. The Labute approximate surface area is 195 Å². The number of methoxy groups -OCH3 is 1. The molecule has 0 saturated carbocycles. The van der Waals surface area contributed by atoms with Crippen LogP contribution in [0.4, 0.5) is 11.4 Å². The molecule has 1 fully saturated rings. The first-order chi connectivity index (χ1) is 15.5. The second-order valence-corrected chi connectivity index (χ2v) is 9.78. The van der Waals surface area contributed by atoms with Crippen LogP contribution in [0.5, 0.6) is 5.75 Å². The van der Waals surface area contributed by atoms with Crippen molar-refractivity contribution >= 4 is 46.6 Å². The van der Waals surface area contributed by atoms with Crippen LogP contribution >= 0.6 is 23.4 Å². The lowest BCUT2D eigenvalue weighted by Gasteiger charge is -2.33. The van der Waals surface area contributed by atoms with E-state index in [0.717, 1.165) is 16.8 Å². The van der Waals surface area contributed by atoms with Crippen molar-refractivity contribution in [2.24, 2.45) is 0 Å². The molecule has 3 aromatic carbocycles. The summed E-state index contributed by atoms with van der Waals surface area (Å²) in [7, 11) is 1.60. The summed E-state index contributed by atoms with van der Waals surface area (Å²) in [6, 6.07) is 22.5. The monoisotopic (exact) mass is 464 g/mol. The Kier molecular flexibility index (Phi) is 5.14. The number of amides is 2. The van der Waals surface area contributed by atoms with Gasteiger partial charge < -0.3 is 9.64 Å². The maximum absolute atomic E-state index is 14.1. The summed E-state index contributed by atoms with van der Waals surface area (Å²) in [5, 5.41) is 0.291. The van der Waals surface area contributed by atoms with Crippen molar-refractivity contribution < 1.29 is 14.3 Å². The summed E-state index contributed by atoms with van der Waals surface area (Å²) in [5.41, 5.74) is 3.29. The van der Waals surface area contributed by atoms with Gasteiger partial charge in [0.15, 0.2) is 0 Å². The lowest BCUT2D eigenvalue weighted by molar-refractivity contribution is -0.124. The number of hydrogen-bond acceptors (Lipinski definition) is 4. The molecule has 2 atom stereocenters. The Balaban J connectivity index is 1.63. The number of para-hydroxylation sites is 1. The van der Waals surface area contributed by atoms with Crippen molar-refractivity contribution in [3.05, 3.63) is 88.9 Å². The second-order valence-electron chi connectivity index (χ2n) is 7.81. The molecule has 0 radical (unpaired) electrons. The molecule has 2 amide bonds. The van der Waals surface area contributed by atoms with E-state index in [-0.39, 0.29) is 17.1 Å². The second kappa shape index (κ2) is 7.87. The first-order valence-electron chi connectivity index (χ1n) is 10.3. The van der Waals surface area contributed by atoms with Crippen LogP contribution in [0.2, 0.25) is 5.02 Å². The van der Waals surface area contributed by atoms with E-state index in [0.29, 0.717) is 23.0 Å². The fourth-order valence-electron chi connectivity index (χ4n) is 4.40. The topological polar surface area (TPSA) is 49.9 Å². The first kappa shape index (κ1) is 20.9. The van der Waals surface area contributed by atoms with Crippen LogP contribution in [0, 0.1) is 0 Å². The number of fused-ring (bicyclic) bond motifs is 2. The molecule has 2 heterocycles. The molecule has 0 aliphatic carbocycles. The van der Waals surface area contributed by atoms with E-state index in [9.17, 15) is 9.59 Å². The van der Waals surface area contributed by atoms with Gasteiger partial charge in [-0.25, -0.2) is 0 Å². The van der Waals surface area contributed by atoms with Crippen LogP contribution in [-0.2, 0) is 21.0 Å². The number of benzene rings is 3. The van der Waals surface area contributed by atoms with Crippen molar-refractivity contribution in [1.29, 1.82) is 0 Å². The number of carbonyl (C=O) groups is 2. The van der Waals surface area contributed by atoms with E-state index in [1.165, 1.54) is 11.8 Å². The zero-order valence-corrected chi connectivity index (χ0v) is 19.2. The fraction of sp³-hybridized carbons (Fsp3) is 0.200. The fourth-order valence-corrected chi connectivity index (χ4v) is 6.05. The van der Waals surface area contributed by atoms with Crippen molar-refractivity contribution in [3.63, 3.8) is 0 Å². The van der Waals surface area contributed by atoms with Crippen LogP contribution in [0.3, 0.4) is 0 Å². The summed E-state index contributed by atoms with van der Waals surface area (Å²) < 4.78 is 5.27. The van der Waals surface area contributed by atoms with Gasteiger partial charge in [0.25, 0.3) is 5.91 Å². The van der Waals surface area contributed by atoms with E-state index in [2.05, 4.69) is 0 Å². The van der Waals surface area contributed by atoms with Crippen LogP contribution < -0.4 is 14.5 Å². The molecule has 2 aliphatic heterocycles. The van der Waals surface area contributed by atoms with Gasteiger partial charge in [0.05, 0.1) is 24.6 Å². The molecule has 2 aliphatic rings. The van der Waals surface area contributed by atoms with Gasteiger partial charge >= 0.3 is 0 Å². The van der Waals surface area contributed by atoms with Gasteiger partial charge in [-0.2, -0.15) is 0 Å². The van der Waals surface area contributed by atoms with Gasteiger partial charge in [-0.05, 0) is 55.0 Å². The molecule has 1 spiro atoms. The average Bonchev–Trinajstić information content (AvgIpc) is 3.21. The number of halogens is 1. The molecule has 0 unspecified atom stereocenters. The third kappa shape index (κ3) is 3.09. The third-order valence-corrected chi connectivity index (χ3v) is 7.64. The largest absolute Gasteiger partial charge is 0.497 e. The average molecular weight is 465 g/mol. The Morgan fingerprint density at radius 2 is 1.69 bits per heavy atom. The van der Waals surface area contributed by atoms with E-state index in [1.54, 1.807) is 29.0 Å². The number of nitrogens with zero attached hydrogens (tertiary/aromatic N) is 2. The lowest BCUT2D eigenvalue weighted by Crippen LogP contribution is -2.49. The molecule has 5 nitrogen and oxygen atoms in total. The predicted octanol–water partition coefficient (Wildman–Crippen LogP) is 5.22. The molecule has 0 bridgehead atoms. The van der Waals surface area contributed by atoms with Crippen LogP contribution in [0.25, 0.3) is 0 Å². The quantitative estimate of drug-likeness (QED) is 0.531. The van der Waals surface area contributed by atoms with Crippen LogP contribution in [0.1, 0.15) is 18.1 Å². The van der Waals surface area contributed by atoms with Gasteiger partial charge in [-0.3, -0.25) is 14.5 Å². The zero-order valence-electron chi connectivity index (χ0n) is 17.6. The summed E-state index contributed by atoms with van der Waals surface area (Å²) in [6.45, 7) is 2.25. The molecule has 7 heteroatoms. The minimum atomic E-state index is -1.14. The lowest BCUT2D eigenvalue weighted by atomic mass is 10.0. The van der Waals surface area contributed by atoms with Gasteiger partial charge in [-0.15, -0.1) is 11.8 Å². The molecular formula is C25H21ClN2O3S. The minimum absolute atomic E-state index is 0.0864. The highest BCUT2D eigenvalue weighted by Gasteiger charge is 2.63. The van der Waals surface area contributed by atoms with E-state index < -0.39 is 4.87 Å². The van der Waals surface area contributed by atoms with Gasteiger partial charge in [0.1, 0.15) is 5.75 Å². The Morgan fingerprint density at radius 3 is 2.38 bits per heavy atom. The number of carbonyl (C=O) groups excluding carboxylic acids is 2. The Morgan fingerprint density at radius 1 is 1.00 bits per heavy atom. The summed E-state index contributed by atoms with van der Waals surface area (Å²) in [6.07, 6.45) is 0. The number of ether oxygens (including phenoxy) is 1. The normalized spacial score (nSPS) is 22.0. The van der Waals surface area contributed by atoms with Crippen LogP contribution in [0.15, 0.2) is 72.8 Å². The molecule has 32 heavy (non-hydrogen) atoms. The highest BCUT2D eigenvalue weighted by molar-refractivity contribution is 8.03. The summed E-state index contributed by atoms with van der Waals surface area (Å²) >= 11 is 7.44. The SMILES string of the molecule is COc1ccc(N2C(=O)[C@H](C)S[C@]23C(=O)N(Cc2ccc(Cl)cc2)c2ccccc23)cc1. The summed E-state index contributed by atoms with van der Waals surface area (Å²) in [5.74, 6) is 0.487. The number of thioether (sulfide) groups is 1. The standard InChI is InChI=1S/C25H21ClN2O3S/c1-16-23(29)28(19-11-13-20(31-2)14-12-19)25(32-16)21-5-3-4-6-22(21)27(24(25)30)15-17-7-9-18(26)10-8-17/h3-14,16H,15H2,1-2H3/t16-,25+/m0/s1. The van der Waals surface area contributed by atoms with E-state index >= 15 is 0 Å². The van der Waals surface area contributed by atoms with Crippen molar-refractivity contribution in [2.75, 3.05) is 16.9 Å². The zero-order chi connectivity index (χ0) is 22.5. The third-order valence-electron chi connectivity index (χ3n) is 5.91. The first-order valence-corrected chi connectivity index (χ1v) is 11.5. The van der Waals surface area contributed by atoms with Gasteiger partial charge in [0.2, 0.25) is 10.8 Å².